The Morgan fingerprint density at radius 2 is 0.900 bits per heavy atom. The quantitative estimate of drug-likeness (QED) is 0.220. The van der Waals surface area contributed by atoms with Crippen LogP contribution in [0.15, 0.2) is 84.9 Å². The summed E-state index contributed by atoms with van der Waals surface area (Å²) in [6, 6.07) is 28.7. The van der Waals surface area contributed by atoms with Crippen LogP contribution < -0.4 is 10.6 Å². The molecule has 6 rings (SSSR count). The third-order valence-corrected chi connectivity index (χ3v) is 8.26. The molecular weight excluding hydrogens is 492 g/mol. The summed E-state index contributed by atoms with van der Waals surface area (Å²) in [4.78, 5) is 25.8. The lowest BCUT2D eigenvalue weighted by Gasteiger charge is -2.17. The van der Waals surface area contributed by atoms with Gasteiger partial charge in [0.15, 0.2) is 0 Å². The van der Waals surface area contributed by atoms with Crippen LogP contribution in [0, 0.1) is 27.7 Å². The Balaban J connectivity index is 1.31. The highest BCUT2D eigenvalue weighted by Crippen LogP contribution is 2.37. The van der Waals surface area contributed by atoms with Gasteiger partial charge in [-0.3, -0.25) is 9.59 Å². The minimum Gasteiger partial charge on any atom is -0.348 e. The fraction of sp³-hybridized carbons (Fsp3) is 0.167. The molecule has 0 heterocycles. The Labute approximate surface area is 234 Å². The summed E-state index contributed by atoms with van der Waals surface area (Å²) >= 11 is 0. The maximum absolute atomic E-state index is 12.9. The first-order valence-corrected chi connectivity index (χ1v) is 13.7. The number of nitrogens with one attached hydrogen (secondary N) is 2. The van der Waals surface area contributed by atoms with E-state index >= 15 is 0 Å². The number of benzene rings is 6. The van der Waals surface area contributed by atoms with Crippen LogP contribution in [0.1, 0.15) is 54.1 Å². The number of amides is 2. The van der Waals surface area contributed by atoms with E-state index in [0.29, 0.717) is 24.2 Å². The topological polar surface area (TPSA) is 58.2 Å². The Kier molecular flexibility index (Phi) is 6.47. The van der Waals surface area contributed by atoms with Crippen LogP contribution in [-0.2, 0) is 13.1 Å². The van der Waals surface area contributed by atoms with E-state index in [4.69, 9.17) is 0 Å². The Morgan fingerprint density at radius 3 is 1.30 bits per heavy atom. The summed E-state index contributed by atoms with van der Waals surface area (Å²) in [5.41, 5.74) is 8.06. The predicted molar refractivity (Wildman–Crippen MR) is 164 cm³/mol. The highest BCUT2D eigenvalue weighted by molar-refractivity contribution is 6.24. The lowest BCUT2D eigenvalue weighted by Crippen LogP contribution is -2.23. The van der Waals surface area contributed by atoms with Gasteiger partial charge in [0.2, 0.25) is 0 Å². The molecule has 0 atom stereocenters. The molecule has 0 aromatic heterocycles. The van der Waals surface area contributed by atoms with Crippen molar-refractivity contribution in [3.05, 3.63) is 129 Å². The first-order chi connectivity index (χ1) is 19.3. The van der Waals surface area contributed by atoms with E-state index in [9.17, 15) is 9.59 Å². The maximum Gasteiger partial charge on any atom is 0.251 e. The highest BCUT2D eigenvalue weighted by atomic mass is 16.2. The standard InChI is InChI=1S/C36H32N2O2/c1-21-5-7-27(17-23(21)3)35(39)37-19-29-11-9-25-14-16-32-30(12-10-26-13-15-31(29)33(25)34(26)32)20-38-36(40)28-8-6-22(2)24(4)18-28/h5-18H,19-20H2,1-4H3,(H,37,39)(H,38,40). The van der Waals surface area contributed by atoms with Gasteiger partial charge in [-0.1, -0.05) is 60.7 Å². The second-order valence-electron chi connectivity index (χ2n) is 10.8. The molecule has 6 aromatic rings. The number of hydrogen-bond donors (Lipinski definition) is 2. The van der Waals surface area contributed by atoms with Crippen LogP contribution >= 0.6 is 0 Å². The van der Waals surface area contributed by atoms with Crippen molar-refractivity contribution >= 4 is 44.1 Å². The number of rotatable bonds is 6. The SMILES string of the molecule is Cc1ccc(C(=O)NCc2ccc3ccc4c(CNC(=O)c5ccc(C)c(C)c5)ccc5ccc2c3c54)cc1C. The van der Waals surface area contributed by atoms with Crippen molar-refractivity contribution in [2.45, 2.75) is 40.8 Å². The molecule has 0 aliphatic carbocycles. The largest absolute Gasteiger partial charge is 0.348 e. The van der Waals surface area contributed by atoms with Gasteiger partial charge in [0.25, 0.3) is 11.8 Å². The first-order valence-electron chi connectivity index (χ1n) is 13.7. The zero-order valence-corrected chi connectivity index (χ0v) is 23.3. The minimum absolute atomic E-state index is 0.0735. The van der Waals surface area contributed by atoms with E-state index < -0.39 is 0 Å². The van der Waals surface area contributed by atoms with E-state index in [0.717, 1.165) is 43.8 Å². The van der Waals surface area contributed by atoms with Crippen LogP contribution in [0.4, 0.5) is 0 Å². The molecule has 0 fully saturated rings. The second-order valence-corrected chi connectivity index (χ2v) is 10.8. The molecule has 0 bridgehead atoms. The smallest absolute Gasteiger partial charge is 0.251 e. The van der Waals surface area contributed by atoms with Crippen molar-refractivity contribution in [1.29, 1.82) is 0 Å². The van der Waals surface area contributed by atoms with Gasteiger partial charge in [-0.15, -0.1) is 0 Å². The van der Waals surface area contributed by atoms with E-state index in [1.165, 1.54) is 21.9 Å². The molecule has 198 valence electrons. The molecule has 0 saturated heterocycles. The molecule has 4 nitrogen and oxygen atoms in total. The van der Waals surface area contributed by atoms with Crippen molar-refractivity contribution in [2.75, 3.05) is 0 Å². The average Bonchev–Trinajstić information content (AvgIpc) is 2.96. The van der Waals surface area contributed by atoms with E-state index in [2.05, 4.69) is 59.2 Å². The minimum atomic E-state index is -0.0735. The lowest BCUT2D eigenvalue weighted by atomic mass is 9.90. The fourth-order valence-corrected chi connectivity index (χ4v) is 5.55. The number of hydrogen-bond acceptors (Lipinski definition) is 2. The number of carbonyl (C=O) groups is 2. The van der Waals surface area contributed by atoms with Gasteiger partial charge in [0, 0.05) is 24.2 Å². The van der Waals surface area contributed by atoms with Crippen LogP contribution in [0.25, 0.3) is 32.3 Å². The zero-order chi connectivity index (χ0) is 28.0. The molecule has 4 heteroatoms. The lowest BCUT2D eigenvalue weighted by molar-refractivity contribution is 0.0943. The Hall–Kier alpha value is -4.70. The molecular formula is C36H32N2O2. The van der Waals surface area contributed by atoms with Gasteiger partial charge >= 0.3 is 0 Å². The van der Waals surface area contributed by atoms with Crippen molar-refractivity contribution < 1.29 is 9.59 Å². The molecule has 2 N–H and O–H groups in total. The van der Waals surface area contributed by atoms with Gasteiger partial charge in [0.05, 0.1) is 0 Å². The fourth-order valence-electron chi connectivity index (χ4n) is 5.55. The summed E-state index contributed by atoms with van der Waals surface area (Å²) in [5.74, 6) is -0.147. The molecule has 2 amide bonds. The molecule has 0 aliphatic heterocycles. The summed E-state index contributed by atoms with van der Waals surface area (Å²) in [6.07, 6.45) is 0. The van der Waals surface area contributed by atoms with Crippen LogP contribution in [0.5, 0.6) is 0 Å². The van der Waals surface area contributed by atoms with Crippen molar-refractivity contribution in [3.8, 4) is 0 Å². The maximum atomic E-state index is 12.9. The van der Waals surface area contributed by atoms with Gasteiger partial charge in [0.1, 0.15) is 0 Å². The van der Waals surface area contributed by atoms with Crippen LogP contribution in [0.3, 0.4) is 0 Å². The third-order valence-electron chi connectivity index (χ3n) is 8.26. The molecule has 6 aromatic carbocycles. The van der Waals surface area contributed by atoms with Crippen molar-refractivity contribution in [3.63, 3.8) is 0 Å². The Bertz CT molecular complexity index is 1790. The van der Waals surface area contributed by atoms with E-state index in [1.807, 2.05) is 64.1 Å². The third kappa shape index (κ3) is 4.56. The molecule has 0 unspecified atom stereocenters. The molecule has 0 spiro atoms. The highest BCUT2D eigenvalue weighted by Gasteiger charge is 2.15. The summed E-state index contributed by atoms with van der Waals surface area (Å²) in [5, 5.41) is 13.2. The first kappa shape index (κ1) is 25.6. The number of carbonyl (C=O) groups excluding carboxylic acids is 2. The molecule has 0 aliphatic rings. The van der Waals surface area contributed by atoms with Gasteiger partial charge in [-0.05, 0) is 118 Å². The summed E-state index contributed by atoms with van der Waals surface area (Å²) in [6.45, 7) is 9.03. The van der Waals surface area contributed by atoms with Crippen LogP contribution in [-0.4, -0.2) is 11.8 Å². The van der Waals surface area contributed by atoms with Crippen LogP contribution in [0.2, 0.25) is 0 Å². The Morgan fingerprint density at radius 1 is 0.500 bits per heavy atom. The molecule has 40 heavy (non-hydrogen) atoms. The normalized spacial score (nSPS) is 11.4. The monoisotopic (exact) mass is 524 g/mol. The van der Waals surface area contributed by atoms with E-state index in [1.54, 1.807) is 0 Å². The van der Waals surface area contributed by atoms with Gasteiger partial charge in [-0.25, -0.2) is 0 Å². The van der Waals surface area contributed by atoms with Gasteiger partial charge in [-0.2, -0.15) is 0 Å². The van der Waals surface area contributed by atoms with Gasteiger partial charge < -0.3 is 10.6 Å². The van der Waals surface area contributed by atoms with Crippen molar-refractivity contribution in [2.24, 2.45) is 0 Å². The average molecular weight is 525 g/mol. The summed E-state index contributed by atoms with van der Waals surface area (Å²) < 4.78 is 0. The number of aryl methyl sites for hydroxylation is 4. The van der Waals surface area contributed by atoms with E-state index in [-0.39, 0.29) is 11.8 Å². The molecule has 0 saturated carbocycles. The van der Waals surface area contributed by atoms with Crippen molar-refractivity contribution in [1.82, 2.24) is 10.6 Å². The summed E-state index contributed by atoms with van der Waals surface area (Å²) in [7, 11) is 0. The molecule has 0 radical (unpaired) electrons. The predicted octanol–water partition coefficient (Wildman–Crippen LogP) is 7.68. The zero-order valence-electron chi connectivity index (χ0n) is 23.3. The second kappa shape index (κ2) is 10.1.